The highest BCUT2D eigenvalue weighted by molar-refractivity contribution is 5.83. The summed E-state index contributed by atoms with van der Waals surface area (Å²) in [7, 11) is 0. The Hall–Kier alpha value is -2.41. The van der Waals surface area contributed by atoms with Crippen LogP contribution in [0.25, 0.3) is 10.8 Å². The topological polar surface area (TPSA) is 12.4 Å². The van der Waals surface area contributed by atoms with Gasteiger partial charge in [0.25, 0.3) is 0 Å². The minimum Gasteiger partial charge on any atom is -0.289 e. The van der Waals surface area contributed by atoms with Crippen LogP contribution in [0, 0.1) is 6.92 Å². The van der Waals surface area contributed by atoms with Crippen molar-refractivity contribution in [3.05, 3.63) is 83.4 Å². The second-order valence-corrected chi connectivity index (χ2v) is 5.80. The van der Waals surface area contributed by atoms with Crippen molar-refractivity contribution in [1.29, 1.82) is 0 Å². The average Bonchev–Trinajstić information content (AvgIpc) is 2.55. The van der Waals surface area contributed by atoms with Crippen LogP contribution in [-0.4, -0.2) is 6.21 Å². The molecule has 1 heteroatoms. The molecule has 0 saturated carbocycles. The van der Waals surface area contributed by atoms with Crippen LogP contribution < -0.4 is 0 Å². The SMILES string of the molecule is Cc1ccc(C(C)N=CCc2ccc3ccccc3c2)cc1. The Kier molecular flexibility index (Phi) is 4.34. The molecule has 3 aromatic rings. The molecule has 0 radical (unpaired) electrons. The summed E-state index contributed by atoms with van der Waals surface area (Å²) in [6, 6.07) is 23.9. The van der Waals surface area contributed by atoms with Crippen molar-refractivity contribution in [2.24, 2.45) is 4.99 Å². The highest BCUT2D eigenvalue weighted by atomic mass is 14.7. The molecule has 1 nitrogen and oxygen atoms in total. The lowest BCUT2D eigenvalue weighted by Crippen LogP contribution is -1.93. The summed E-state index contributed by atoms with van der Waals surface area (Å²) >= 11 is 0. The summed E-state index contributed by atoms with van der Waals surface area (Å²) in [6.07, 6.45) is 2.91. The van der Waals surface area contributed by atoms with Gasteiger partial charge in [-0.05, 0) is 35.7 Å². The standard InChI is InChI=1S/C21H21N/c1-16-7-10-19(11-8-16)17(2)22-14-13-18-9-12-20-5-3-4-6-21(20)15-18/h3-12,14-15,17H,13H2,1-2H3. The number of hydrogen-bond acceptors (Lipinski definition) is 1. The van der Waals surface area contributed by atoms with Crippen molar-refractivity contribution >= 4 is 17.0 Å². The van der Waals surface area contributed by atoms with Crippen molar-refractivity contribution in [1.82, 2.24) is 0 Å². The van der Waals surface area contributed by atoms with Gasteiger partial charge in [-0.2, -0.15) is 0 Å². The summed E-state index contributed by atoms with van der Waals surface area (Å²) in [6.45, 7) is 4.25. The van der Waals surface area contributed by atoms with Gasteiger partial charge in [-0.25, -0.2) is 0 Å². The van der Waals surface area contributed by atoms with Gasteiger partial charge in [0.2, 0.25) is 0 Å². The fourth-order valence-corrected chi connectivity index (χ4v) is 2.61. The van der Waals surface area contributed by atoms with Gasteiger partial charge in [-0.15, -0.1) is 0 Å². The summed E-state index contributed by atoms with van der Waals surface area (Å²) in [5.41, 5.74) is 3.86. The number of hydrogen-bond donors (Lipinski definition) is 0. The van der Waals surface area contributed by atoms with E-state index in [-0.39, 0.29) is 6.04 Å². The fraction of sp³-hybridized carbons (Fsp3) is 0.190. The van der Waals surface area contributed by atoms with E-state index in [9.17, 15) is 0 Å². The largest absolute Gasteiger partial charge is 0.289 e. The molecule has 0 fully saturated rings. The first-order valence-corrected chi connectivity index (χ1v) is 7.78. The molecule has 110 valence electrons. The summed E-state index contributed by atoms with van der Waals surface area (Å²) < 4.78 is 0. The fourth-order valence-electron chi connectivity index (χ4n) is 2.61. The Morgan fingerprint density at radius 3 is 2.41 bits per heavy atom. The van der Waals surface area contributed by atoms with E-state index >= 15 is 0 Å². The second kappa shape index (κ2) is 6.57. The van der Waals surface area contributed by atoms with Gasteiger partial charge in [0.1, 0.15) is 0 Å². The van der Waals surface area contributed by atoms with E-state index in [0.717, 1.165) is 6.42 Å². The van der Waals surface area contributed by atoms with E-state index in [1.807, 2.05) is 6.21 Å². The van der Waals surface area contributed by atoms with Crippen LogP contribution in [0.5, 0.6) is 0 Å². The smallest absolute Gasteiger partial charge is 0.0717 e. The van der Waals surface area contributed by atoms with E-state index in [1.165, 1.54) is 27.5 Å². The zero-order valence-electron chi connectivity index (χ0n) is 13.2. The second-order valence-electron chi connectivity index (χ2n) is 5.80. The van der Waals surface area contributed by atoms with Gasteiger partial charge in [0.15, 0.2) is 0 Å². The molecule has 0 heterocycles. The average molecular weight is 287 g/mol. The molecule has 1 atom stereocenters. The van der Waals surface area contributed by atoms with Gasteiger partial charge in [0, 0.05) is 12.6 Å². The maximum atomic E-state index is 4.67. The van der Waals surface area contributed by atoms with Gasteiger partial charge >= 0.3 is 0 Å². The number of benzene rings is 3. The van der Waals surface area contributed by atoms with Gasteiger partial charge in [0.05, 0.1) is 6.04 Å². The maximum absolute atomic E-state index is 4.67. The van der Waals surface area contributed by atoms with Gasteiger partial charge in [-0.1, -0.05) is 72.3 Å². The molecule has 0 aliphatic carbocycles. The molecule has 0 spiro atoms. The molecular weight excluding hydrogens is 266 g/mol. The third-order valence-electron chi connectivity index (χ3n) is 4.03. The molecule has 22 heavy (non-hydrogen) atoms. The van der Waals surface area contributed by atoms with Crippen LogP contribution in [0.1, 0.15) is 29.7 Å². The number of aliphatic imine (C=N–C) groups is 1. The number of rotatable bonds is 4. The van der Waals surface area contributed by atoms with Crippen molar-refractivity contribution < 1.29 is 0 Å². The summed E-state index contributed by atoms with van der Waals surface area (Å²) in [4.78, 5) is 4.67. The quantitative estimate of drug-likeness (QED) is 0.560. The molecular formula is C21H21N. The maximum Gasteiger partial charge on any atom is 0.0717 e. The molecule has 0 N–H and O–H groups in total. The lowest BCUT2D eigenvalue weighted by molar-refractivity contribution is 0.821. The van der Waals surface area contributed by atoms with Crippen LogP contribution in [0.15, 0.2) is 71.7 Å². The van der Waals surface area contributed by atoms with E-state index in [2.05, 4.69) is 85.6 Å². The van der Waals surface area contributed by atoms with Crippen LogP contribution in [0.2, 0.25) is 0 Å². The van der Waals surface area contributed by atoms with Crippen molar-refractivity contribution in [2.45, 2.75) is 26.3 Å². The van der Waals surface area contributed by atoms with E-state index in [0.29, 0.717) is 0 Å². The summed E-state index contributed by atoms with van der Waals surface area (Å²) in [5.74, 6) is 0. The molecule has 0 amide bonds. The van der Waals surface area contributed by atoms with Crippen LogP contribution >= 0.6 is 0 Å². The predicted molar refractivity (Wildman–Crippen MR) is 95.7 cm³/mol. The Balaban J connectivity index is 1.68. The zero-order valence-corrected chi connectivity index (χ0v) is 13.2. The number of nitrogens with zero attached hydrogens (tertiary/aromatic N) is 1. The third-order valence-corrected chi connectivity index (χ3v) is 4.03. The number of aryl methyl sites for hydroxylation is 1. The predicted octanol–water partition coefficient (Wildman–Crippen LogP) is 5.52. The lowest BCUT2D eigenvalue weighted by Gasteiger charge is -2.07. The number of fused-ring (bicyclic) bond motifs is 1. The molecule has 0 saturated heterocycles. The van der Waals surface area contributed by atoms with E-state index in [4.69, 9.17) is 0 Å². The first kappa shape index (κ1) is 14.5. The van der Waals surface area contributed by atoms with E-state index < -0.39 is 0 Å². The van der Waals surface area contributed by atoms with Crippen LogP contribution in [0.3, 0.4) is 0 Å². The molecule has 1 unspecified atom stereocenters. The van der Waals surface area contributed by atoms with Crippen molar-refractivity contribution in [2.75, 3.05) is 0 Å². The molecule has 0 aliphatic rings. The van der Waals surface area contributed by atoms with Crippen molar-refractivity contribution in [3.63, 3.8) is 0 Å². The molecule has 0 aromatic heterocycles. The van der Waals surface area contributed by atoms with Crippen LogP contribution in [-0.2, 0) is 6.42 Å². The van der Waals surface area contributed by atoms with Crippen LogP contribution in [0.4, 0.5) is 0 Å². The van der Waals surface area contributed by atoms with Gasteiger partial charge < -0.3 is 0 Å². The Morgan fingerprint density at radius 2 is 1.64 bits per heavy atom. The highest BCUT2D eigenvalue weighted by Gasteiger charge is 2.01. The molecule has 0 aliphatic heterocycles. The summed E-state index contributed by atoms with van der Waals surface area (Å²) in [5, 5.41) is 2.58. The van der Waals surface area contributed by atoms with Gasteiger partial charge in [-0.3, -0.25) is 4.99 Å². The zero-order chi connectivity index (χ0) is 15.4. The Morgan fingerprint density at radius 1 is 0.909 bits per heavy atom. The minimum atomic E-state index is 0.209. The molecule has 3 aromatic carbocycles. The lowest BCUT2D eigenvalue weighted by atomic mass is 10.1. The third kappa shape index (κ3) is 3.43. The Labute approximate surface area is 132 Å². The van der Waals surface area contributed by atoms with E-state index in [1.54, 1.807) is 0 Å². The first-order chi connectivity index (χ1) is 10.7. The highest BCUT2D eigenvalue weighted by Crippen LogP contribution is 2.18. The van der Waals surface area contributed by atoms with Crippen molar-refractivity contribution in [3.8, 4) is 0 Å². The Bertz CT molecular complexity index is 784. The molecule has 0 bridgehead atoms. The monoisotopic (exact) mass is 287 g/mol. The molecule has 3 rings (SSSR count). The minimum absolute atomic E-state index is 0.209. The normalized spacial score (nSPS) is 12.8. The first-order valence-electron chi connectivity index (χ1n) is 7.78.